The molecule has 0 aliphatic carbocycles. The van der Waals surface area contributed by atoms with Gasteiger partial charge < -0.3 is 14.2 Å². The third kappa shape index (κ3) is 2.62. The van der Waals surface area contributed by atoms with Gasteiger partial charge in [-0.2, -0.15) is 0 Å². The van der Waals surface area contributed by atoms with Crippen molar-refractivity contribution in [2.45, 2.75) is 25.4 Å². The first-order chi connectivity index (χ1) is 13.7. The summed E-state index contributed by atoms with van der Waals surface area (Å²) >= 11 is 0. The zero-order valence-electron chi connectivity index (χ0n) is 15.6. The van der Waals surface area contributed by atoms with E-state index in [1.807, 2.05) is 41.4 Å². The monoisotopic (exact) mass is 376 g/mol. The molecule has 7 heteroatoms. The third-order valence-corrected chi connectivity index (χ3v) is 5.69. The standard InChI is InChI=1S/C21H20N4O3/c1-14-17(18(24-28-14)15-5-3-2-4-6-15)20(26)25-8-7-21(11-25)12-27-10-16-9-22-13-23-19(16)21/h2-6,9,13H,7-8,10-12H2,1H3/t21-/m0/s1. The normalized spacial score (nSPS) is 21.1. The molecular weight excluding hydrogens is 356 g/mol. The van der Waals surface area contributed by atoms with E-state index in [-0.39, 0.29) is 11.3 Å². The zero-order valence-corrected chi connectivity index (χ0v) is 15.6. The molecule has 0 N–H and O–H groups in total. The van der Waals surface area contributed by atoms with Gasteiger partial charge in [0.2, 0.25) is 0 Å². The maximum absolute atomic E-state index is 13.4. The Bertz CT molecular complexity index is 1030. The van der Waals surface area contributed by atoms with Crippen LogP contribution < -0.4 is 0 Å². The fourth-order valence-corrected chi connectivity index (χ4v) is 4.30. The topological polar surface area (TPSA) is 81.4 Å². The van der Waals surface area contributed by atoms with Gasteiger partial charge in [-0.15, -0.1) is 0 Å². The summed E-state index contributed by atoms with van der Waals surface area (Å²) in [5.74, 6) is 0.475. The summed E-state index contributed by atoms with van der Waals surface area (Å²) in [6, 6.07) is 9.65. The highest BCUT2D eigenvalue weighted by Crippen LogP contribution is 2.39. The molecule has 1 amide bonds. The fraction of sp³-hybridized carbons (Fsp3) is 0.333. The van der Waals surface area contributed by atoms with Crippen molar-refractivity contribution in [3.63, 3.8) is 0 Å². The van der Waals surface area contributed by atoms with Gasteiger partial charge in [-0.25, -0.2) is 9.97 Å². The first-order valence-electron chi connectivity index (χ1n) is 9.36. The quantitative estimate of drug-likeness (QED) is 0.684. The number of aromatic nitrogens is 3. The van der Waals surface area contributed by atoms with Crippen LogP contribution in [0.5, 0.6) is 0 Å². The Kier molecular flexibility index (Phi) is 3.98. The summed E-state index contributed by atoms with van der Waals surface area (Å²) in [7, 11) is 0. The van der Waals surface area contributed by atoms with Gasteiger partial charge in [0.15, 0.2) is 0 Å². The molecule has 142 valence electrons. The first-order valence-corrected chi connectivity index (χ1v) is 9.36. The van der Waals surface area contributed by atoms with Crippen LogP contribution in [0.25, 0.3) is 11.3 Å². The predicted molar refractivity (Wildman–Crippen MR) is 101 cm³/mol. The van der Waals surface area contributed by atoms with Gasteiger partial charge in [0, 0.05) is 30.4 Å². The summed E-state index contributed by atoms with van der Waals surface area (Å²) in [6.07, 6.45) is 4.20. The average Bonchev–Trinajstić information content (AvgIpc) is 3.33. The van der Waals surface area contributed by atoms with Crippen molar-refractivity contribution in [2.24, 2.45) is 0 Å². The van der Waals surface area contributed by atoms with Crippen LogP contribution in [-0.4, -0.2) is 45.6 Å². The summed E-state index contributed by atoms with van der Waals surface area (Å²) in [4.78, 5) is 23.9. The molecule has 0 saturated carbocycles. The lowest BCUT2D eigenvalue weighted by molar-refractivity contribution is 0.0484. The molecule has 0 unspecified atom stereocenters. The molecule has 0 bridgehead atoms. The Morgan fingerprint density at radius 1 is 1.25 bits per heavy atom. The van der Waals surface area contributed by atoms with Gasteiger partial charge in [0.1, 0.15) is 23.3 Å². The van der Waals surface area contributed by atoms with Crippen molar-refractivity contribution in [1.82, 2.24) is 20.0 Å². The minimum atomic E-state index is -0.274. The van der Waals surface area contributed by atoms with Crippen LogP contribution in [0.2, 0.25) is 0 Å². The molecule has 2 aliphatic heterocycles. The molecule has 3 aromatic rings. The molecule has 5 rings (SSSR count). The van der Waals surface area contributed by atoms with E-state index in [1.54, 1.807) is 13.3 Å². The van der Waals surface area contributed by atoms with Crippen molar-refractivity contribution in [2.75, 3.05) is 19.7 Å². The van der Waals surface area contributed by atoms with Crippen LogP contribution in [0.15, 0.2) is 47.4 Å². The second-order valence-corrected chi connectivity index (χ2v) is 7.47. The summed E-state index contributed by atoms with van der Waals surface area (Å²) < 4.78 is 11.2. The average molecular weight is 376 g/mol. The molecule has 4 heterocycles. The zero-order chi connectivity index (χ0) is 19.1. The largest absolute Gasteiger partial charge is 0.376 e. The van der Waals surface area contributed by atoms with Gasteiger partial charge in [-0.05, 0) is 13.3 Å². The lowest BCUT2D eigenvalue weighted by Crippen LogP contribution is -2.41. The van der Waals surface area contributed by atoms with Crippen LogP contribution in [0.1, 0.15) is 33.8 Å². The third-order valence-electron chi connectivity index (χ3n) is 5.69. The van der Waals surface area contributed by atoms with Crippen LogP contribution in [-0.2, 0) is 16.8 Å². The first kappa shape index (κ1) is 17.1. The molecule has 28 heavy (non-hydrogen) atoms. The number of carbonyl (C=O) groups excluding carboxylic acids is 1. The molecule has 1 aromatic carbocycles. The van der Waals surface area contributed by atoms with Crippen LogP contribution in [0.3, 0.4) is 0 Å². The molecule has 2 aromatic heterocycles. The van der Waals surface area contributed by atoms with Crippen LogP contribution in [0, 0.1) is 6.92 Å². The maximum Gasteiger partial charge on any atom is 0.259 e. The number of fused-ring (bicyclic) bond motifs is 2. The fourth-order valence-electron chi connectivity index (χ4n) is 4.30. The van der Waals surface area contributed by atoms with Gasteiger partial charge in [-0.3, -0.25) is 4.79 Å². The van der Waals surface area contributed by atoms with Crippen molar-refractivity contribution in [3.8, 4) is 11.3 Å². The van der Waals surface area contributed by atoms with Gasteiger partial charge in [-0.1, -0.05) is 35.5 Å². The number of ether oxygens (including phenoxy) is 1. The Morgan fingerprint density at radius 2 is 2.11 bits per heavy atom. The van der Waals surface area contributed by atoms with E-state index < -0.39 is 0 Å². The van der Waals surface area contributed by atoms with Crippen molar-refractivity contribution in [1.29, 1.82) is 0 Å². The highest BCUT2D eigenvalue weighted by Gasteiger charge is 2.46. The molecule has 1 fully saturated rings. The minimum Gasteiger partial charge on any atom is -0.376 e. The van der Waals surface area contributed by atoms with E-state index in [4.69, 9.17) is 9.26 Å². The number of hydrogen-bond donors (Lipinski definition) is 0. The highest BCUT2D eigenvalue weighted by molar-refractivity contribution is 6.01. The number of carbonyl (C=O) groups is 1. The van der Waals surface area contributed by atoms with E-state index in [1.165, 1.54) is 0 Å². The molecular formula is C21H20N4O3. The van der Waals surface area contributed by atoms with Crippen molar-refractivity contribution < 1.29 is 14.1 Å². The minimum absolute atomic E-state index is 0.0596. The highest BCUT2D eigenvalue weighted by atomic mass is 16.5. The smallest absolute Gasteiger partial charge is 0.259 e. The summed E-state index contributed by atoms with van der Waals surface area (Å²) in [5, 5.41) is 4.15. The van der Waals surface area contributed by atoms with Crippen LogP contribution in [0.4, 0.5) is 0 Å². The number of likely N-dealkylation sites (tertiary alicyclic amines) is 1. The predicted octanol–water partition coefficient (Wildman–Crippen LogP) is 2.75. The Morgan fingerprint density at radius 3 is 2.96 bits per heavy atom. The second kappa shape index (κ2) is 6.53. The molecule has 0 radical (unpaired) electrons. The molecule has 2 aliphatic rings. The van der Waals surface area contributed by atoms with E-state index >= 15 is 0 Å². The van der Waals surface area contributed by atoms with Crippen LogP contribution >= 0.6 is 0 Å². The Labute approximate surface area is 162 Å². The SMILES string of the molecule is Cc1onc(-c2ccccc2)c1C(=O)N1CC[C@@]2(COCc3cncnc32)C1. The van der Waals surface area contributed by atoms with E-state index in [0.717, 1.165) is 23.2 Å². The van der Waals surface area contributed by atoms with E-state index in [9.17, 15) is 4.79 Å². The lowest BCUT2D eigenvalue weighted by atomic mass is 9.81. The van der Waals surface area contributed by atoms with Crippen molar-refractivity contribution in [3.05, 3.63) is 65.4 Å². The summed E-state index contributed by atoms with van der Waals surface area (Å²) in [5.41, 5.74) is 3.73. The van der Waals surface area contributed by atoms with E-state index in [0.29, 0.717) is 43.3 Å². The number of nitrogens with zero attached hydrogens (tertiary/aromatic N) is 4. The summed E-state index contributed by atoms with van der Waals surface area (Å²) in [6.45, 7) is 4.08. The molecule has 7 nitrogen and oxygen atoms in total. The number of benzene rings is 1. The number of hydrogen-bond acceptors (Lipinski definition) is 6. The van der Waals surface area contributed by atoms with Gasteiger partial charge >= 0.3 is 0 Å². The van der Waals surface area contributed by atoms with Crippen molar-refractivity contribution >= 4 is 5.91 Å². The van der Waals surface area contributed by atoms with E-state index in [2.05, 4.69) is 15.1 Å². The maximum atomic E-state index is 13.4. The molecule has 1 saturated heterocycles. The second-order valence-electron chi connectivity index (χ2n) is 7.47. The molecule has 1 atom stereocenters. The lowest BCUT2D eigenvalue weighted by Gasteiger charge is -2.33. The Balaban J connectivity index is 1.47. The molecule has 1 spiro atoms. The number of rotatable bonds is 2. The van der Waals surface area contributed by atoms with Gasteiger partial charge in [0.25, 0.3) is 5.91 Å². The number of aryl methyl sites for hydroxylation is 1. The number of amides is 1. The Hall–Kier alpha value is -3.06. The van der Waals surface area contributed by atoms with Gasteiger partial charge in [0.05, 0.1) is 24.3 Å².